The molecule has 0 aliphatic carbocycles. The molecule has 3 nitrogen and oxygen atoms in total. The number of anilines is 2. The molecule has 0 aliphatic rings. The molecule has 0 fully saturated rings. The van der Waals surface area contributed by atoms with Crippen molar-refractivity contribution in [2.45, 2.75) is 13.5 Å². The fraction of sp³-hybridized carbons (Fsp3) is 0.188. The zero-order chi connectivity index (χ0) is 14.5. The monoisotopic (exact) mass is 270 g/mol. The Kier molecular flexibility index (Phi) is 4.34. The normalized spacial score (nSPS) is 10.1. The minimum atomic E-state index is -0.313. The van der Waals surface area contributed by atoms with Crippen LogP contribution in [0.15, 0.2) is 42.5 Å². The quantitative estimate of drug-likeness (QED) is 0.926. The molecule has 4 heteroatoms. The third-order valence-electron chi connectivity index (χ3n) is 3.09. The number of rotatable bonds is 4. The number of hydrogen-bond donors (Lipinski definition) is 1. The highest BCUT2D eigenvalue weighted by Gasteiger charge is 2.13. The van der Waals surface area contributed by atoms with Crippen molar-refractivity contribution < 1.29 is 9.50 Å². The summed E-state index contributed by atoms with van der Waals surface area (Å²) >= 11 is 0. The van der Waals surface area contributed by atoms with E-state index in [4.69, 9.17) is 5.11 Å². The van der Waals surface area contributed by atoms with Gasteiger partial charge in [-0.25, -0.2) is 4.39 Å². The number of hydrogen-bond acceptors (Lipinski definition) is 3. The Morgan fingerprint density at radius 1 is 1.25 bits per heavy atom. The van der Waals surface area contributed by atoms with Crippen LogP contribution in [0.5, 0.6) is 0 Å². The summed E-state index contributed by atoms with van der Waals surface area (Å²) in [4.78, 5) is 1.86. The third kappa shape index (κ3) is 2.79. The minimum absolute atomic E-state index is 0.110. The summed E-state index contributed by atoms with van der Waals surface area (Å²) < 4.78 is 13.4. The summed E-state index contributed by atoms with van der Waals surface area (Å²) in [6, 6.07) is 13.6. The molecule has 0 heterocycles. The van der Waals surface area contributed by atoms with Crippen LogP contribution in [-0.2, 0) is 6.61 Å². The molecular weight excluding hydrogens is 255 g/mol. The molecule has 20 heavy (non-hydrogen) atoms. The molecule has 0 saturated heterocycles. The first-order chi connectivity index (χ1) is 9.69. The van der Waals surface area contributed by atoms with Gasteiger partial charge < -0.3 is 10.0 Å². The number of aliphatic hydroxyl groups is 1. The van der Waals surface area contributed by atoms with Crippen LogP contribution in [0.25, 0.3) is 0 Å². The second-order valence-electron chi connectivity index (χ2n) is 4.35. The zero-order valence-corrected chi connectivity index (χ0v) is 11.2. The van der Waals surface area contributed by atoms with Crippen LogP contribution >= 0.6 is 0 Å². The Morgan fingerprint density at radius 2 is 2.05 bits per heavy atom. The average molecular weight is 270 g/mol. The largest absolute Gasteiger partial charge is 0.392 e. The summed E-state index contributed by atoms with van der Waals surface area (Å²) in [5.74, 6) is -0.313. The molecule has 1 N–H and O–H groups in total. The van der Waals surface area contributed by atoms with E-state index in [0.29, 0.717) is 29.0 Å². The van der Waals surface area contributed by atoms with Gasteiger partial charge in [0.15, 0.2) is 0 Å². The van der Waals surface area contributed by atoms with Crippen molar-refractivity contribution in [3.63, 3.8) is 0 Å². The second-order valence-corrected chi connectivity index (χ2v) is 4.35. The van der Waals surface area contributed by atoms with Gasteiger partial charge in [0, 0.05) is 12.2 Å². The molecule has 2 aromatic rings. The zero-order valence-electron chi connectivity index (χ0n) is 11.2. The SMILES string of the molecule is CCN(c1cccc(F)c1)c1ccc(CO)cc1C#N. The lowest BCUT2D eigenvalue weighted by Gasteiger charge is -2.24. The summed E-state index contributed by atoms with van der Waals surface area (Å²) in [6.07, 6.45) is 0. The molecule has 0 saturated carbocycles. The van der Waals surface area contributed by atoms with Crippen molar-refractivity contribution in [1.82, 2.24) is 0 Å². The van der Waals surface area contributed by atoms with Crippen molar-refractivity contribution >= 4 is 11.4 Å². The van der Waals surface area contributed by atoms with E-state index >= 15 is 0 Å². The standard InChI is InChI=1S/C16H15FN2O/c1-2-19(15-5-3-4-14(17)9-15)16-7-6-12(11-20)8-13(16)10-18/h3-9,20H,2,11H2,1H3. The highest BCUT2D eigenvalue weighted by molar-refractivity contribution is 5.69. The average Bonchev–Trinajstić information content (AvgIpc) is 2.48. The van der Waals surface area contributed by atoms with Gasteiger partial charge >= 0.3 is 0 Å². The summed E-state index contributed by atoms with van der Waals surface area (Å²) in [5, 5.41) is 18.4. The lowest BCUT2D eigenvalue weighted by Crippen LogP contribution is -2.17. The van der Waals surface area contributed by atoms with E-state index in [1.165, 1.54) is 12.1 Å². The molecule has 2 rings (SSSR count). The van der Waals surface area contributed by atoms with Gasteiger partial charge in [0.2, 0.25) is 0 Å². The van der Waals surface area contributed by atoms with Gasteiger partial charge in [0.25, 0.3) is 0 Å². The van der Waals surface area contributed by atoms with Gasteiger partial charge in [0.1, 0.15) is 11.9 Å². The van der Waals surface area contributed by atoms with Crippen LogP contribution in [0.3, 0.4) is 0 Å². The maximum atomic E-state index is 13.4. The van der Waals surface area contributed by atoms with Crippen molar-refractivity contribution in [2.24, 2.45) is 0 Å². The molecule has 0 radical (unpaired) electrons. The van der Waals surface area contributed by atoms with Crippen LogP contribution < -0.4 is 4.90 Å². The third-order valence-corrected chi connectivity index (χ3v) is 3.09. The van der Waals surface area contributed by atoms with Crippen LogP contribution in [0.4, 0.5) is 15.8 Å². The Morgan fingerprint density at radius 3 is 2.65 bits per heavy atom. The highest BCUT2D eigenvalue weighted by atomic mass is 19.1. The summed E-state index contributed by atoms with van der Waals surface area (Å²) in [5.41, 5.74) is 2.54. The first-order valence-electron chi connectivity index (χ1n) is 6.36. The predicted molar refractivity (Wildman–Crippen MR) is 76.2 cm³/mol. The van der Waals surface area contributed by atoms with Crippen LogP contribution in [0, 0.1) is 17.1 Å². The molecule has 0 unspecified atom stereocenters. The van der Waals surface area contributed by atoms with Crippen LogP contribution in [0.2, 0.25) is 0 Å². The Balaban J connectivity index is 2.50. The van der Waals surface area contributed by atoms with Gasteiger partial charge in [0.05, 0.1) is 17.9 Å². The van der Waals surface area contributed by atoms with Crippen LogP contribution in [-0.4, -0.2) is 11.7 Å². The van der Waals surface area contributed by atoms with Gasteiger partial charge in [-0.3, -0.25) is 0 Å². The second kappa shape index (κ2) is 6.18. The molecule has 0 amide bonds. The van der Waals surface area contributed by atoms with E-state index < -0.39 is 0 Å². The number of benzene rings is 2. The summed E-state index contributed by atoms with van der Waals surface area (Å²) in [6.45, 7) is 2.43. The topological polar surface area (TPSA) is 47.3 Å². The lowest BCUT2D eigenvalue weighted by molar-refractivity contribution is 0.282. The molecule has 0 aliphatic heterocycles. The van der Waals surface area contributed by atoms with Crippen LogP contribution in [0.1, 0.15) is 18.1 Å². The van der Waals surface area contributed by atoms with E-state index in [0.717, 1.165) is 0 Å². The molecule has 0 bridgehead atoms. The Labute approximate surface area is 117 Å². The van der Waals surface area contributed by atoms with E-state index in [2.05, 4.69) is 6.07 Å². The fourth-order valence-corrected chi connectivity index (χ4v) is 2.14. The fourth-order valence-electron chi connectivity index (χ4n) is 2.14. The van der Waals surface area contributed by atoms with Gasteiger partial charge in [-0.1, -0.05) is 12.1 Å². The van der Waals surface area contributed by atoms with E-state index in [1.54, 1.807) is 30.3 Å². The predicted octanol–water partition coefficient (Wildman–Crippen LogP) is 3.35. The molecule has 2 aromatic carbocycles. The Bertz CT molecular complexity index is 649. The van der Waals surface area contributed by atoms with E-state index in [1.807, 2.05) is 11.8 Å². The van der Waals surface area contributed by atoms with Gasteiger partial charge in [-0.05, 0) is 42.8 Å². The van der Waals surface area contributed by atoms with E-state index in [-0.39, 0.29) is 12.4 Å². The maximum Gasteiger partial charge on any atom is 0.125 e. The molecule has 0 aromatic heterocycles. The number of nitriles is 1. The van der Waals surface area contributed by atoms with Crippen molar-refractivity contribution in [2.75, 3.05) is 11.4 Å². The first-order valence-corrected chi connectivity index (χ1v) is 6.36. The maximum absolute atomic E-state index is 13.4. The number of halogens is 1. The van der Waals surface area contributed by atoms with Crippen molar-refractivity contribution in [3.05, 3.63) is 59.4 Å². The first kappa shape index (κ1) is 14.0. The molecular formula is C16H15FN2O. The highest BCUT2D eigenvalue weighted by Crippen LogP contribution is 2.29. The number of nitrogens with zero attached hydrogens (tertiary/aromatic N) is 2. The minimum Gasteiger partial charge on any atom is -0.392 e. The molecule has 0 spiro atoms. The Hall–Kier alpha value is -2.38. The number of aliphatic hydroxyl groups excluding tert-OH is 1. The van der Waals surface area contributed by atoms with Gasteiger partial charge in [-0.15, -0.1) is 0 Å². The van der Waals surface area contributed by atoms with Crippen molar-refractivity contribution in [1.29, 1.82) is 5.26 Å². The summed E-state index contributed by atoms with van der Waals surface area (Å²) in [7, 11) is 0. The van der Waals surface area contributed by atoms with Crippen molar-refractivity contribution in [3.8, 4) is 6.07 Å². The molecule has 0 atom stereocenters. The van der Waals surface area contributed by atoms with E-state index in [9.17, 15) is 9.65 Å². The molecule has 102 valence electrons. The van der Waals surface area contributed by atoms with Gasteiger partial charge in [-0.2, -0.15) is 5.26 Å². The lowest BCUT2D eigenvalue weighted by atomic mass is 10.1. The smallest absolute Gasteiger partial charge is 0.125 e.